The molecule has 0 bridgehead atoms. The smallest absolute Gasteiger partial charge is 0.161 e. The Morgan fingerprint density at radius 3 is 2.70 bits per heavy atom. The third-order valence-corrected chi connectivity index (χ3v) is 2.74. The summed E-state index contributed by atoms with van der Waals surface area (Å²) in [7, 11) is 0. The number of benzene rings is 2. The number of hydrogen-bond donors (Lipinski definition) is 2. The monoisotopic (exact) mass is 279 g/mol. The highest BCUT2D eigenvalue weighted by Crippen LogP contribution is 2.27. The van der Waals surface area contributed by atoms with Crippen LogP contribution in [-0.4, -0.2) is 11.7 Å². The highest BCUT2D eigenvalue weighted by Gasteiger charge is 2.06. The van der Waals surface area contributed by atoms with E-state index in [2.05, 4.69) is 5.32 Å². The summed E-state index contributed by atoms with van der Waals surface area (Å²) in [6.45, 7) is 2.54. The summed E-state index contributed by atoms with van der Waals surface area (Å²) in [5.74, 6) is -0.608. The van der Waals surface area contributed by atoms with E-state index in [1.165, 1.54) is 6.07 Å². The molecule has 2 aromatic carbocycles. The Kier molecular flexibility index (Phi) is 4.40. The van der Waals surface area contributed by atoms with Gasteiger partial charge in [-0.15, -0.1) is 0 Å². The van der Waals surface area contributed by atoms with Crippen molar-refractivity contribution in [1.29, 1.82) is 0 Å². The molecule has 2 N–H and O–H groups in total. The van der Waals surface area contributed by atoms with Gasteiger partial charge in [0.1, 0.15) is 11.6 Å². The molecule has 0 saturated heterocycles. The first-order chi connectivity index (χ1) is 9.60. The van der Waals surface area contributed by atoms with Crippen LogP contribution in [0.3, 0.4) is 0 Å². The van der Waals surface area contributed by atoms with Crippen molar-refractivity contribution < 1.29 is 18.6 Å². The standard InChI is InChI=1S/C15H15F2NO2/c1-2-20-15-7-10(3-6-14(15)19)9-18-13-8-11(16)4-5-12(13)17/h3-8,18-19H,2,9H2,1H3. The number of hydrogen-bond acceptors (Lipinski definition) is 3. The van der Waals surface area contributed by atoms with Crippen molar-refractivity contribution >= 4 is 5.69 Å². The second kappa shape index (κ2) is 6.23. The van der Waals surface area contributed by atoms with Gasteiger partial charge >= 0.3 is 0 Å². The van der Waals surface area contributed by atoms with Gasteiger partial charge in [0, 0.05) is 6.54 Å². The highest BCUT2D eigenvalue weighted by molar-refractivity contribution is 5.47. The zero-order valence-electron chi connectivity index (χ0n) is 11.0. The van der Waals surface area contributed by atoms with Gasteiger partial charge in [0.25, 0.3) is 0 Å². The third-order valence-electron chi connectivity index (χ3n) is 2.74. The Morgan fingerprint density at radius 1 is 1.15 bits per heavy atom. The molecule has 2 rings (SSSR count). The largest absolute Gasteiger partial charge is 0.504 e. The first-order valence-corrected chi connectivity index (χ1v) is 6.23. The second-order valence-electron chi connectivity index (χ2n) is 4.21. The van der Waals surface area contributed by atoms with Gasteiger partial charge in [-0.2, -0.15) is 0 Å². The molecule has 0 spiro atoms. The number of ether oxygens (including phenoxy) is 1. The molecular formula is C15H15F2NO2. The van der Waals surface area contributed by atoms with Crippen molar-refractivity contribution in [3.8, 4) is 11.5 Å². The van der Waals surface area contributed by atoms with Gasteiger partial charge in [-0.25, -0.2) is 8.78 Å². The molecule has 0 atom stereocenters. The van der Waals surface area contributed by atoms with Gasteiger partial charge < -0.3 is 15.2 Å². The number of phenols is 1. The molecule has 0 heterocycles. The minimum Gasteiger partial charge on any atom is -0.504 e. The SMILES string of the molecule is CCOc1cc(CNc2cc(F)ccc2F)ccc1O. The Bertz CT molecular complexity index is 602. The van der Waals surface area contributed by atoms with Crippen LogP contribution in [0.2, 0.25) is 0 Å². The lowest BCUT2D eigenvalue weighted by atomic mass is 10.2. The zero-order chi connectivity index (χ0) is 14.5. The highest BCUT2D eigenvalue weighted by atomic mass is 19.1. The van der Waals surface area contributed by atoms with E-state index in [0.717, 1.165) is 23.8 Å². The number of phenolic OH excluding ortho intramolecular Hbond substituents is 1. The molecule has 2 aromatic rings. The van der Waals surface area contributed by atoms with E-state index in [1.54, 1.807) is 12.1 Å². The maximum Gasteiger partial charge on any atom is 0.161 e. The summed E-state index contributed by atoms with van der Waals surface area (Å²) in [5, 5.41) is 12.4. The lowest BCUT2D eigenvalue weighted by molar-refractivity contribution is 0.318. The van der Waals surface area contributed by atoms with Crippen LogP contribution in [0.4, 0.5) is 14.5 Å². The molecule has 0 aliphatic rings. The number of nitrogens with one attached hydrogen (secondary N) is 1. The molecule has 0 aliphatic carbocycles. The van der Waals surface area contributed by atoms with Crippen LogP contribution in [0.1, 0.15) is 12.5 Å². The van der Waals surface area contributed by atoms with Crippen molar-refractivity contribution in [2.75, 3.05) is 11.9 Å². The summed E-state index contributed by atoms with van der Waals surface area (Å²) in [4.78, 5) is 0. The molecular weight excluding hydrogens is 264 g/mol. The molecule has 3 nitrogen and oxygen atoms in total. The second-order valence-corrected chi connectivity index (χ2v) is 4.21. The van der Waals surface area contributed by atoms with Crippen LogP contribution >= 0.6 is 0 Å². The number of aromatic hydroxyl groups is 1. The fourth-order valence-electron chi connectivity index (χ4n) is 1.77. The van der Waals surface area contributed by atoms with Gasteiger partial charge in [-0.1, -0.05) is 6.07 Å². The maximum absolute atomic E-state index is 13.4. The van der Waals surface area contributed by atoms with Gasteiger partial charge in [-0.3, -0.25) is 0 Å². The Labute approximate surface area is 115 Å². The normalized spacial score (nSPS) is 10.3. The molecule has 106 valence electrons. The van der Waals surface area contributed by atoms with Crippen LogP contribution in [0.15, 0.2) is 36.4 Å². The minimum atomic E-state index is -0.518. The first-order valence-electron chi connectivity index (χ1n) is 6.23. The predicted molar refractivity (Wildman–Crippen MR) is 73.0 cm³/mol. The molecule has 0 saturated carbocycles. The van der Waals surface area contributed by atoms with Crippen molar-refractivity contribution in [2.24, 2.45) is 0 Å². The van der Waals surface area contributed by atoms with Gasteiger partial charge in [0.2, 0.25) is 0 Å². The average molecular weight is 279 g/mol. The molecule has 0 unspecified atom stereocenters. The van der Waals surface area contributed by atoms with E-state index in [9.17, 15) is 13.9 Å². The lowest BCUT2D eigenvalue weighted by Crippen LogP contribution is -2.02. The van der Waals surface area contributed by atoms with Crippen molar-refractivity contribution in [3.05, 3.63) is 53.6 Å². The average Bonchev–Trinajstić information content (AvgIpc) is 2.43. The summed E-state index contributed by atoms with van der Waals surface area (Å²) in [5.41, 5.74) is 0.881. The lowest BCUT2D eigenvalue weighted by Gasteiger charge is -2.10. The molecule has 0 aliphatic heterocycles. The van der Waals surface area contributed by atoms with Crippen LogP contribution in [-0.2, 0) is 6.54 Å². The van der Waals surface area contributed by atoms with Gasteiger partial charge in [0.05, 0.1) is 12.3 Å². The van der Waals surface area contributed by atoms with Crippen molar-refractivity contribution in [3.63, 3.8) is 0 Å². The zero-order valence-corrected chi connectivity index (χ0v) is 11.0. The van der Waals surface area contributed by atoms with Crippen LogP contribution in [0.25, 0.3) is 0 Å². The number of halogens is 2. The van der Waals surface area contributed by atoms with E-state index in [-0.39, 0.29) is 11.4 Å². The van der Waals surface area contributed by atoms with Crippen LogP contribution < -0.4 is 10.1 Å². The third kappa shape index (κ3) is 3.38. The van der Waals surface area contributed by atoms with E-state index in [4.69, 9.17) is 4.74 Å². The van der Waals surface area contributed by atoms with Crippen molar-refractivity contribution in [1.82, 2.24) is 0 Å². The summed E-state index contributed by atoms with van der Waals surface area (Å²) in [6, 6.07) is 8.07. The summed E-state index contributed by atoms with van der Waals surface area (Å²) in [6.07, 6.45) is 0. The Balaban J connectivity index is 2.10. The van der Waals surface area contributed by atoms with E-state index in [1.807, 2.05) is 6.92 Å². The topological polar surface area (TPSA) is 41.5 Å². The fraction of sp³-hybridized carbons (Fsp3) is 0.200. The Hall–Kier alpha value is -2.30. The molecule has 0 fully saturated rings. The molecule has 0 aromatic heterocycles. The molecule has 20 heavy (non-hydrogen) atoms. The Morgan fingerprint density at radius 2 is 1.95 bits per heavy atom. The van der Waals surface area contributed by atoms with Crippen LogP contribution in [0, 0.1) is 11.6 Å². The van der Waals surface area contributed by atoms with E-state index >= 15 is 0 Å². The molecule has 5 heteroatoms. The number of rotatable bonds is 5. The molecule has 0 radical (unpaired) electrons. The fourth-order valence-corrected chi connectivity index (χ4v) is 1.77. The quantitative estimate of drug-likeness (QED) is 0.877. The van der Waals surface area contributed by atoms with Crippen LogP contribution in [0.5, 0.6) is 11.5 Å². The summed E-state index contributed by atoms with van der Waals surface area (Å²) < 4.78 is 31.7. The minimum absolute atomic E-state index is 0.0486. The van der Waals surface area contributed by atoms with Crippen molar-refractivity contribution in [2.45, 2.75) is 13.5 Å². The molecule has 0 amide bonds. The number of anilines is 1. The first kappa shape index (κ1) is 14.1. The maximum atomic E-state index is 13.4. The van der Waals surface area contributed by atoms with Gasteiger partial charge in [-0.05, 0) is 42.8 Å². The predicted octanol–water partition coefficient (Wildman–Crippen LogP) is 3.68. The van der Waals surface area contributed by atoms with Gasteiger partial charge in [0.15, 0.2) is 11.5 Å². The van der Waals surface area contributed by atoms with E-state index < -0.39 is 11.6 Å². The van der Waals surface area contributed by atoms with E-state index in [0.29, 0.717) is 18.9 Å². The summed E-state index contributed by atoms with van der Waals surface area (Å²) >= 11 is 0.